The van der Waals surface area contributed by atoms with Gasteiger partial charge in [-0.25, -0.2) is 0 Å². The van der Waals surface area contributed by atoms with Crippen molar-refractivity contribution in [3.63, 3.8) is 0 Å². The van der Waals surface area contributed by atoms with Crippen molar-refractivity contribution in [1.29, 1.82) is 10.5 Å². The molecule has 0 radical (unpaired) electrons. The van der Waals surface area contributed by atoms with E-state index in [0.29, 0.717) is 28.4 Å². The quantitative estimate of drug-likeness (QED) is 0.922. The molecule has 0 aromatic heterocycles. The Balaban J connectivity index is 2.28. The molecule has 3 nitrogen and oxygen atoms in total. The van der Waals surface area contributed by atoms with Crippen LogP contribution in [0.2, 0.25) is 5.02 Å². The van der Waals surface area contributed by atoms with E-state index < -0.39 is 0 Å². The number of halogens is 1. The van der Waals surface area contributed by atoms with Gasteiger partial charge in [0.1, 0.15) is 12.1 Å². The van der Waals surface area contributed by atoms with E-state index in [2.05, 4.69) is 17.5 Å². The van der Waals surface area contributed by atoms with E-state index in [0.717, 1.165) is 5.56 Å². The molecule has 0 heterocycles. The Labute approximate surface area is 116 Å². The van der Waals surface area contributed by atoms with E-state index in [1.807, 2.05) is 18.2 Å². The molecule has 0 aliphatic carbocycles. The molecular weight excluding hydrogens is 258 g/mol. The predicted octanol–water partition coefficient (Wildman–Crippen LogP) is 3.70. The van der Waals surface area contributed by atoms with Gasteiger partial charge in [0.05, 0.1) is 16.8 Å². The summed E-state index contributed by atoms with van der Waals surface area (Å²) in [4.78, 5) is 0. The van der Waals surface area contributed by atoms with E-state index >= 15 is 0 Å². The lowest BCUT2D eigenvalue weighted by atomic mass is 10.1. The van der Waals surface area contributed by atoms with Crippen LogP contribution in [0.1, 0.15) is 16.7 Å². The van der Waals surface area contributed by atoms with Crippen molar-refractivity contribution in [2.24, 2.45) is 0 Å². The Morgan fingerprint density at radius 3 is 2.16 bits per heavy atom. The summed E-state index contributed by atoms with van der Waals surface area (Å²) in [5.41, 5.74) is 2.37. The summed E-state index contributed by atoms with van der Waals surface area (Å²) in [6.07, 6.45) is 0. The van der Waals surface area contributed by atoms with Gasteiger partial charge < -0.3 is 5.32 Å². The van der Waals surface area contributed by atoms with Gasteiger partial charge in [0, 0.05) is 11.6 Å². The number of anilines is 1. The Kier molecular flexibility index (Phi) is 4.03. The molecule has 19 heavy (non-hydrogen) atoms. The highest BCUT2D eigenvalue weighted by Crippen LogP contribution is 2.22. The molecular formula is C15H10ClN3. The van der Waals surface area contributed by atoms with E-state index in [9.17, 15) is 0 Å². The highest BCUT2D eigenvalue weighted by atomic mass is 35.5. The van der Waals surface area contributed by atoms with Crippen molar-refractivity contribution in [2.45, 2.75) is 6.54 Å². The molecule has 0 saturated heterocycles. The van der Waals surface area contributed by atoms with Crippen molar-refractivity contribution in [3.05, 3.63) is 64.2 Å². The number of rotatable bonds is 3. The first-order valence-corrected chi connectivity index (χ1v) is 6.04. The second kappa shape index (κ2) is 5.91. The zero-order valence-electron chi connectivity index (χ0n) is 10.0. The van der Waals surface area contributed by atoms with Gasteiger partial charge in [0.15, 0.2) is 0 Å². The van der Waals surface area contributed by atoms with Gasteiger partial charge in [-0.1, -0.05) is 35.9 Å². The molecule has 0 bridgehead atoms. The van der Waals surface area contributed by atoms with Gasteiger partial charge in [0.25, 0.3) is 0 Å². The molecule has 0 unspecified atom stereocenters. The van der Waals surface area contributed by atoms with Crippen LogP contribution in [0.5, 0.6) is 0 Å². The standard InChI is InChI=1S/C15H10ClN3/c16-14-7-2-1-4-13(14)10-19-15-11(8-17)5-3-6-12(15)9-18/h1-7,19H,10H2. The maximum atomic E-state index is 9.06. The zero-order valence-corrected chi connectivity index (χ0v) is 10.8. The lowest BCUT2D eigenvalue weighted by Gasteiger charge is -2.10. The number of nitrogens with one attached hydrogen (secondary N) is 1. The van der Waals surface area contributed by atoms with Gasteiger partial charge in [-0.2, -0.15) is 10.5 Å². The minimum atomic E-state index is 0.450. The molecule has 0 saturated carbocycles. The number of hydrogen-bond acceptors (Lipinski definition) is 3. The van der Waals surface area contributed by atoms with Crippen LogP contribution in [0.15, 0.2) is 42.5 Å². The van der Waals surface area contributed by atoms with Gasteiger partial charge in [0.2, 0.25) is 0 Å². The topological polar surface area (TPSA) is 59.6 Å². The third kappa shape index (κ3) is 2.85. The largest absolute Gasteiger partial charge is 0.379 e. The summed E-state index contributed by atoms with van der Waals surface area (Å²) in [6, 6.07) is 16.6. The van der Waals surface area contributed by atoms with E-state index in [-0.39, 0.29) is 0 Å². The molecule has 1 N–H and O–H groups in total. The Morgan fingerprint density at radius 1 is 0.947 bits per heavy atom. The number of para-hydroxylation sites is 1. The summed E-state index contributed by atoms with van der Waals surface area (Å²) in [6.45, 7) is 0.465. The number of nitrogens with zero attached hydrogens (tertiary/aromatic N) is 2. The maximum absolute atomic E-state index is 9.06. The first-order valence-electron chi connectivity index (χ1n) is 5.66. The fourth-order valence-corrected chi connectivity index (χ4v) is 1.96. The summed E-state index contributed by atoms with van der Waals surface area (Å²) in [5.74, 6) is 0. The molecule has 2 rings (SSSR count). The van der Waals surface area contributed by atoms with Gasteiger partial charge >= 0.3 is 0 Å². The smallest absolute Gasteiger partial charge is 0.101 e. The van der Waals surface area contributed by atoms with E-state index in [1.54, 1.807) is 24.3 Å². The van der Waals surface area contributed by atoms with Crippen LogP contribution in [-0.2, 0) is 6.54 Å². The highest BCUT2D eigenvalue weighted by molar-refractivity contribution is 6.31. The second-order valence-electron chi connectivity index (χ2n) is 3.90. The minimum Gasteiger partial charge on any atom is -0.379 e. The number of hydrogen-bond donors (Lipinski definition) is 1. The first kappa shape index (κ1) is 13.0. The molecule has 0 amide bonds. The second-order valence-corrected chi connectivity index (χ2v) is 4.30. The molecule has 2 aromatic rings. The molecule has 92 valence electrons. The third-order valence-corrected chi connectivity index (χ3v) is 3.09. The van der Waals surface area contributed by atoms with Crippen LogP contribution in [0.4, 0.5) is 5.69 Å². The number of nitriles is 2. The summed E-state index contributed by atoms with van der Waals surface area (Å²) < 4.78 is 0. The van der Waals surface area contributed by atoms with Crippen LogP contribution in [0.25, 0.3) is 0 Å². The lowest BCUT2D eigenvalue weighted by Crippen LogP contribution is -2.03. The molecule has 0 spiro atoms. The Hall–Kier alpha value is -2.49. The lowest BCUT2D eigenvalue weighted by molar-refractivity contribution is 1.14. The van der Waals surface area contributed by atoms with Crippen molar-refractivity contribution >= 4 is 17.3 Å². The fourth-order valence-electron chi connectivity index (χ4n) is 1.75. The summed E-state index contributed by atoms with van der Waals surface area (Å²) in [7, 11) is 0. The van der Waals surface area contributed by atoms with Crippen molar-refractivity contribution in [3.8, 4) is 12.1 Å². The molecule has 0 fully saturated rings. The van der Waals surface area contributed by atoms with Crippen LogP contribution < -0.4 is 5.32 Å². The van der Waals surface area contributed by atoms with Gasteiger partial charge in [-0.15, -0.1) is 0 Å². The molecule has 0 atom stereocenters. The Morgan fingerprint density at radius 2 is 1.58 bits per heavy atom. The van der Waals surface area contributed by atoms with E-state index in [1.165, 1.54) is 0 Å². The maximum Gasteiger partial charge on any atom is 0.101 e. The van der Waals surface area contributed by atoms with E-state index in [4.69, 9.17) is 22.1 Å². The first-order chi connectivity index (χ1) is 9.26. The average molecular weight is 268 g/mol. The normalized spacial score (nSPS) is 9.42. The zero-order chi connectivity index (χ0) is 13.7. The average Bonchev–Trinajstić information content (AvgIpc) is 2.46. The molecule has 0 aliphatic heterocycles. The van der Waals surface area contributed by atoms with Crippen molar-refractivity contribution in [1.82, 2.24) is 0 Å². The predicted molar refractivity (Wildman–Crippen MR) is 74.7 cm³/mol. The molecule has 2 aromatic carbocycles. The van der Waals surface area contributed by atoms with Crippen LogP contribution in [0.3, 0.4) is 0 Å². The third-order valence-electron chi connectivity index (χ3n) is 2.72. The van der Waals surface area contributed by atoms with Crippen molar-refractivity contribution in [2.75, 3.05) is 5.32 Å². The molecule has 0 aliphatic rings. The van der Waals surface area contributed by atoms with Crippen molar-refractivity contribution < 1.29 is 0 Å². The number of benzene rings is 2. The highest BCUT2D eigenvalue weighted by Gasteiger charge is 2.08. The summed E-state index contributed by atoms with van der Waals surface area (Å²) >= 11 is 6.07. The van der Waals surface area contributed by atoms with Gasteiger partial charge in [-0.05, 0) is 23.8 Å². The van der Waals surface area contributed by atoms with Crippen LogP contribution >= 0.6 is 11.6 Å². The van der Waals surface area contributed by atoms with Gasteiger partial charge in [-0.3, -0.25) is 0 Å². The SMILES string of the molecule is N#Cc1cccc(C#N)c1NCc1ccccc1Cl. The van der Waals surface area contributed by atoms with Crippen LogP contribution in [-0.4, -0.2) is 0 Å². The fraction of sp³-hybridized carbons (Fsp3) is 0.0667. The summed E-state index contributed by atoms with van der Waals surface area (Å²) in [5, 5.41) is 21.9. The Bertz CT molecular complexity index is 648. The van der Waals surface area contributed by atoms with Crippen LogP contribution in [0, 0.1) is 22.7 Å². The minimum absolute atomic E-state index is 0.450. The molecule has 4 heteroatoms. The monoisotopic (exact) mass is 267 g/mol.